The van der Waals surface area contributed by atoms with Crippen molar-refractivity contribution in [1.82, 2.24) is 5.32 Å². The van der Waals surface area contributed by atoms with Crippen molar-refractivity contribution in [3.8, 4) is 0 Å². The van der Waals surface area contributed by atoms with Crippen molar-refractivity contribution in [2.75, 3.05) is 12.4 Å². The molecular weight excluding hydrogens is 301 g/mol. The number of amides is 1. The number of rotatable bonds is 5. The Hall–Kier alpha value is 0.320. The maximum absolute atomic E-state index is 10.9. The van der Waals surface area contributed by atoms with Crippen LogP contribution in [0, 0.1) is 0 Å². The molecular formula is C7H7Cl3NO2S2. The van der Waals surface area contributed by atoms with Crippen LogP contribution in [0.5, 0.6) is 0 Å². The van der Waals surface area contributed by atoms with Gasteiger partial charge in [-0.2, -0.15) is 0 Å². The molecule has 8 heteroatoms. The lowest BCUT2D eigenvalue weighted by molar-refractivity contribution is 0.152. The highest BCUT2D eigenvalue weighted by Crippen LogP contribution is 2.25. The van der Waals surface area contributed by atoms with Crippen LogP contribution in [0.4, 0.5) is 4.79 Å². The second-order valence-electron chi connectivity index (χ2n) is 2.09. The number of hydrogen-bond acceptors (Lipinski definition) is 4. The van der Waals surface area contributed by atoms with Crippen LogP contribution in [0.1, 0.15) is 0 Å². The summed E-state index contributed by atoms with van der Waals surface area (Å²) in [7, 11) is 0. The van der Waals surface area contributed by atoms with E-state index in [2.05, 4.69) is 27.6 Å². The van der Waals surface area contributed by atoms with Gasteiger partial charge < -0.3 is 4.74 Å². The Balaban J connectivity index is 3.57. The van der Waals surface area contributed by atoms with Crippen LogP contribution in [-0.4, -0.2) is 27.6 Å². The minimum atomic E-state index is -1.60. The number of thiocarbonyl (C=S) groups is 1. The van der Waals surface area contributed by atoms with Gasteiger partial charge in [0.1, 0.15) is 6.61 Å². The number of halogens is 3. The van der Waals surface area contributed by atoms with Crippen molar-refractivity contribution in [3.63, 3.8) is 0 Å². The van der Waals surface area contributed by atoms with Gasteiger partial charge in [0.05, 0.1) is 0 Å². The lowest BCUT2D eigenvalue weighted by Crippen LogP contribution is -2.24. The van der Waals surface area contributed by atoms with Crippen LogP contribution in [0.25, 0.3) is 0 Å². The number of thioether (sulfide) groups is 1. The molecule has 0 aromatic rings. The SMILES string of the molecule is O=C(NC=CSC[C]=S)OCC(Cl)(Cl)Cl. The Morgan fingerprint density at radius 1 is 1.60 bits per heavy atom. The third-order valence-corrected chi connectivity index (χ3v) is 2.17. The normalized spacial score (nSPS) is 11.4. The Bertz CT molecular complexity index is 243. The van der Waals surface area contributed by atoms with Crippen LogP contribution < -0.4 is 5.32 Å². The summed E-state index contributed by atoms with van der Waals surface area (Å²) < 4.78 is 2.98. The van der Waals surface area contributed by atoms with E-state index in [1.54, 1.807) is 5.41 Å². The maximum Gasteiger partial charge on any atom is 0.411 e. The molecule has 85 valence electrons. The molecule has 0 fully saturated rings. The molecule has 0 saturated carbocycles. The average molecular weight is 308 g/mol. The van der Waals surface area contributed by atoms with Gasteiger partial charge in [-0.3, -0.25) is 5.32 Å². The van der Waals surface area contributed by atoms with E-state index in [0.717, 1.165) is 0 Å². The summed E-state index contributed by atoms with van der Waals surface area (Å²) in [5.41, 5.74) is 0. The maximum atomic E-state index is 10.9. The second kappa shape index (κ2) is 8.47. The van der Waals surface area contributed by atoms with E-state index in [9.17, 15) is 4.79 Å². The van der Waals surface area contributed by atoms with Crippen molar-refractivity contribution >= 4 is 70.2 Å². The van der Waals surface area contributed by atoms with Crippen LogP contribution in [0.2, 0.25) is 0 Å². The first-order valence-corrected chi connectivity index (χ1v) is 6.16. The highest BCUT2D eigenvalue weighted by Gasteiger charge is 2.21. The average Bonchev–Trinajstić information content (AvgIpc) is 2.13. The second-order valence-corrected chi connectivity index (χ2v) is 5.79. The molecule has 0 heterocycles. The molecule has 0 aromatic heterocycles. The van der Waals surface area contributed by atoms with Gasteiger partial charge in [-0.05, 0) is 5.41 Å². The Morgan fingerprint density at radius 3 is 2.80 bits per heavy atom. The molecule has 0 rings (SSSR count). The van der Waals surface area contributed by atoms with Crippen molar-refractivity contribution in [2.45, 2.75) is 3.79 Å². The summed E-state index contributed by atoms with van der Waals surface area (Å²) in [5.74, 6) is 0.566. The zero-order valence-corrected chi connectivity index (χ0v) is 11.2. The molecule has 1 amide bonds. The summed E-state index contributed by atoms with van der Waals surface area (Å²) in [6.07, 6.45) is 0.711. The predicted octanol–water partition coefficient (Wildman–Crippen LogP) is 3.16. The number of alkyl carbamates (subject to hydrolysis) is 1. The lowest BCUT2D eigenvalue weighted by Gasteiger charge is -2.10. The van der Waals surface area contributed by atoms with Crippen molar-refractivity contribution in [2.24, 2.45) is 0 Å². The molecule has 0 aliphatic carbocycles. The van der Waals surface area contributed by atoms with Gasteiger partial charge >= 0.3 is 6.09 Å². The summed E-state index contributed by atoms with van der Waals surface area (Å²) in [4.78, 5) is 10.9. The third-order valence-electron chi connectivity index (χ3n) is 0.875. The minimum Gasteiger partial charge on any atom is -0.445 e. The number of ether oxygens (including phenoxy) is 1. The molecule has 1 radical (unpaired) electrons. The molecule has 15 heavy (non-hydrogen) atoms. The molecule has 0 aliphatic heterocycles. The summed E-state index contributed by atoms with van der Waals surface area (Å²) >= 11 is 21.9. The van der Waals surface area contributed by atoms with E-state index in [1.165, 1.54) is 18.0 Å². The molecule has 0 aliphatic rings. The van der Waals surface area contributed by atoms with Gasteiger partial charge in [-0.1, -0.05) is 47.0 Å². The zero-order valence-electron chi connectivity index (χ0n) is 7.34. The standard InChI is InChI=1S/C7H7Cl3NO2S2/c8-7(9,10)5-13-6(12)11-1-3-15-4-2-14/h1,3H,4-5H2,(H,11,12). The molecule has 0 unspecified atom stereocenters. The van der Waals surface area contributed by atoms with Crippen LogP contribution in [-0.2, 0) is 4.74 Å². The van der Waals surface area contributed by atoms with Crippen molar-refractivity contribution < 1.29 is 9.53 Å². The first-order chi connectivity index (χ1) is 6.95. The molecule has 0 aromatic carbocycles. The van der Waals surface area contributed by atoms with Gasteiger partial charge in [-0.25, -0.2) is 4.79 Å². The van der Waals surface area contributed by atoms with Gasteiger partial charge in [0, 0.05) is 17.3 Å². The fraction of sp³-hybridized carbons (Fsp3) is 0.429. The van der Waals surface area contributed by atoms with Gasteiger partial charge in [0.15, 0.2) is 0 Å². The van der Waals surface area contributed by atoms with E-state index in [4.69, 9.17) is 34.8 Å². The van der Waals surface area contributed by atoms with Crippen molar-refractivity contribution in [1.29, 1.82) is 0 Å². The predicted molar refractivity (Wildman–Crippen MR) is 69.0 cm³/mol. The van der Waals surface area contributed by atoms with E-state index < -0.39 is 9.89 Å². The van der Waals surface area contributed by atoms with Gasteiger partial charge in [0.2, 0.25) is 3.79 Å². The number of alkyl halides is 3. The first kappa shape index (κ1) is 15.3. The van der Waals surface area contributed by atoms with Crippen LogP contribution in [0.3, 0.4) is 0 Å². The van der Waals surface area contributed by atoms with Gasteiger partial charge in [-0.15, -0.1) is 11.8 Å². The number of nitrogens with one attached hydrogen (secondary N) is 1. The minimum absolute atomic E-state index is 0.307. The van der Waals surface area contributed by atoms with E-state index in [-0.39, 0.29) is 6.61 Å². The van der Waals surface area contributed by atoms with Crippen LogP contribution in [0.15, 0.2) is 11.6 Å². The quantitative estimate of drug-likeness (QED) is 0.481. The topological polar surface area (TPSA) is 38.3 Å². The third kappa shape index (κ3) is 12.3. The Kier molecular flexibility index (Phi) is 8.65. The Labute approximate surface area is 112 Å². The summed E-state index contributed by atoms with van der Waals surface area (Å²) in [6, 6.07) is 0. The molecule has 0 atom stereocenters. The van der Waals surface area contributed by atoms with Gasteiger partial charge in [0.25, 0.3) is 0 Å². The number of hydrogen-bond donors (Lipinski definition) is 1. The van der Waals surface area contributed by atoms with E-state index in [1.807, 2.05) is 0 Å². The highest BCUT2D eigenvalue weighted by molar-refractivity contribution is 8.03. The fourth-order valence-corrected chi connectivity index (χ4v) is 1.12. The largest absolute Gasteiger partial charge is 0.445 e. The van der Waals surface area contributed by atoms with Crippen LogP contribution >= 0.6 is 58.8 Å². The summed E-state index contributed by atoms with van der Waals surface area (Å²) in [6.45, 7) is -0.307. The Morgan fingerprint density at radius 2 is 2.27 bits per heavy atom. The monoisotopic (exact) mass is 306 g/mol. The van der Waals surface area contributed by atoms with E-state index >= 15 is 0 Å². The zero-order chi connectivity index (χ0) is 11.7. The molecule has 0 bridgehead atoms. The van der Waals surface area contributed by atoms with E-state index in [0.29, 0.717) is 5.75 Å². The lowest BCUT2D eigenvalue weighted by atomic mass is 10.8. The molecule has 1 N–H and O–H groups in total. The molecule has 3 nitrogen and oxygen atoms in total. The highest BCUT2D eigenvalue weighted by atomic mass is 35.6. The number of carbonyl (C=O) groups is 1. The molecule has 0 spiro atoms. The fourth-order valence-electron chi connectivity index (χ4n) is 0.421. The number of carbonyl (C=O) groups excluding carboxylic acids is 1. The van der Waals surface area contributed by atoms with Crippen molar-refractivity contribution in [3.05, 3.63) is 11.6 Å². The first-order valence-electron chi connectivity index (χ1n) is 3.57. The smallest absolute Gasteiger partial charge is 0.411 e. The molecule has 0 saturated heterocycles. The summed E-state index contributed by atoms with van der Waals surface area (Å²) in [5, 5.41) is 6.45.